The average molecular weight is 381 g/mol. The molecule has 0 spiro atoms. The maximum Gasteiger partial charge on any atom is 0.333 e. The number of carbonyl (C=O) groups excluding carboxylic acids is 2. The van der Waals surface area contributed by atoms with Gasteiger partial charge in [0, 0.05) is 16.6 Å². The third kappa shape index (κ3) is 9.25. The lowest BCUT2D eigenvalue weighted by Crippen LogP contribution is -2.43. The molecule has 0 aromatic carbocycles. The maximum atomic E-state index is 12.3. The first-order chi connectivity index (χ1) is 12.7. The van der Waals surface area contributed by atoms with E-state index in [9.17, 15) is 9.59 Å². The predicted molar refractivity (Wildman–Crippen MR) is 111 cm³/mol. The third-order valence-corrected chi connectivity index (χ3v) is 5.17. The van der Waals surface area contributed by atoms with Crippen LogP contribution < -0.4 is 0 Å². The Balaban J connectivity index is 5.52. The first-order valence-corrected chi connectivity index (χ1v) is 10.4. The molecule has 2 atom stereocenters. The molecule has 0 amide bonds. The summed E-state index contributed by atoms with van der Waals surface area (Å²) in [5, 5.41) is 0. The van der Waals surface area contributed by atoms with Crippen molar-refractivity contribution in [2.75, 3.05) is 6.61 Å². The lowest BCUT2D eigenvalue weighted by Gasteiger charge is -2.39. The first kappa shape index (κ1) is 25.4. The summed E-state index contributed by atoms with van der Waals surface area (Å²) in [5.74, 6) is -0.753. The van der Waals surface area contributed by atoms with Gasteiger partial charge in [-0.05, 0) is 39.5 Å². The highest BCUT2D eigenvalue weighted by atomic mass is 16.6. The molecule has 0 aliphatic carbocycles. The predicted octanol–water partition coefficient (Wildman–Crippen LogP) is 6.15. The molecule has 4 nitrogen and oxygen atoms in total. The van der Waals surface area contributed by atoms with Gasteiger partial charge in [0.25, 0.3) is 0 Å². The Morgan fingerprint density at radius 1 is 0.889 bits per heavy atom. The molecule has 0 N–H and O–H groups in total. The molecule has 2 unspecified atom stereocenters. The number of carbonyl (C=O) groups is 2. The Morgan fingerprint density at radius 2 is 1.48 bits per heavy atom. The highest BCUT2D eigenvalue weighted by Gasteiger charge is 2.40. The van der Waals surface area contributed by atoms with Crippen molar-refractivity contribution < 1.29 is 19.1 Å². The first-order valence-electron chi connectivity index (χ1n) is 10.4. The van der Waals surface area contributed by atoms with Gasteiger partial charge in [0.1, 0.15) is 12.7 Å². The zero-order valence-electron chi connectivity index (χ0n) is 18.2. The van der Waals surface area contributed by atoms with Gasteiger partial charge in [-0.3, -0.25) is 0 Å². The van der Waals surface area contributed by atoms with Gasteiger partial charge >= 0.3 is 11.9 Å². The van der Waals surface area contributed by atoms with E-state index in [1.165, 1.54) is 6.42 Å². The highest BCUT2D eigenvalue weighted by molar-refractivity contribution is 5.87. The molecule has 156 valence electrons. The van der Waals surface area contributed by atoms with Crippen molar-refractivity contribution in [2.24, 2.45) is 5.41 Å². The van der Waals surface area contributed by atoms with E-state index in [0.717, 1.165) is 51.4 Å². The lowest BCUT2D eigenvalue weighted by atomic mass is 9.74. The van der Waals surface area contributed by atoms with Crippen molar-refractivity contribution in [2.45, 2.75) is 98.5 Å². The van der Waals surface area contributed by atoms with Gasteiger partial charge in [-0.1, -0.05) is 66.0 Å². The zero-order chi connectivity index (χ0) is 20.9. The van der Waals surface area contributed by atoms with E-state index in [0.29, 0.717) is 11.1 Å². The second-order valence-electron chi connectivity index (χ2n) is 7.70. The fourth-order valence-electron chi connectivity index (χ4n) is 3.17. The van der Waals surface area contributed by atoms with Crippen LogP contribution in [0.2, 0.25) is 0 Å². The van der Waals surface area contributed by atoms with E-state index in [-0.39, 0.29) is 30.1 Å². The van der Waals surface area contributed by atoms with Gasteiger partial charge in [-0.2, -0.15) is 0 Å². The monoisotopic (exact) mass is 380 g/mol. The lowest BCUT2D eigenvalue weighted by molar-refractivity contribution is -0.161. The number of unbranched alkanes of at least 4 members (excludes halogenated alkanes) is 4. The van der Waals surface area contributed by atoms with Crippen LogP contribution in [-0.2, 0) is 19.1 Å². The smallest absolute Gasteiger partial charge is 0.333 e. The Kier molecular flexibility index (Phi) is 12.8. The molecule has 0 aliphatic heterocycles. The molecule has 0 fully saturated rings. The summed E-state index contributed by atoms with van der Waals surface area (Å²) >= 11 is 0. The molecule has 0 saturated heterocycles. The zero-order valence-corrected chi connectivity index (χ0v) is 18.2. The summed E-state index contributed by atoms with van der Waals surface area (Å²) in [6.45, 7) is 17.3. The van der Waals surface area contributed by atoms with Crippen molar-refractivity contribution in [3.8, 4) is 0 Å². The summed E-state index contributed by atoms with van der Waals surface area (Å²) in [5.41, 5.74) is 0.403. The summed E-state index contributed by atoms with van der Waals surface area (Å²) in [6, 6.07) is 0. The topological polar surface area (TPSA) is 52.6 Å². The van der Waals surface area contributed by atoms with E-state index in [2.05, 4.69) is 33.9 Å². The van der Waals surface area contributed by atoms with Crippen molar-refractivity contribution in [3.63, 3.8) is 0 Å². The fraction of sp³-hybridized carbons (Fsp3) is 0.739. The molecule has 27 heavy (non-hydrogen) atoms. The normalized spacial score (nSPS) is 14.1. The molecule has 0 radical (unpaired) electrons. The maximum absolute atomic E-state index is 12.3. The second kappa shape index (κ2) is 13.6. The summed E-state index contributed by atoms with van der Waals surface area (Å²) in [7, 11) is 0. The summed E-state index contributed by atoms with van der Waals surface area (Å²) in [4.78, 5) is 24.3. The van der Waals surface area contributed by atoms with Gasteiger partial charge in [0.15, 0.2) is 0 Å². The van der Waals surface area contributed by atoms with E-state index in [1.54, 1.807) is 13.8 Å². The number of ether oxygens (including phenoxy) is 2. The van der Waals surface area contributed by atoms with E-state index in [4.69, 9.17) is 9.47 Å². The van der Waals surface area contributed by atoms with Crippen molar-refractivity contribution in [1.29, 1.82) is 0 Å². The minimum Gasteiger partial charge on any atom is -0.462 e. The van der Waals surface area contributed by atoms with Crippen LogP contribution in [0.1, 0.15) is 92.4 Å². The van der Waals surface area contributed by atoms with Crippen LogP contribution in [0, 0.1) is 5.41 Å². The van der Waals surface area contributed by atoms with Crippen LogP contribution in [0.5, 0.6) is 0 Å². The van der Waals surface area contributed by atoms with Gasteiger partial charge in [0.2, 0.25) is 0 Å². The average Bonchev–Trinajstić information content (AvgIpc) is 2.64. The van der Waals surface area contributed by atoms with Gasteiger partial charge < -0.3 is 9.47 Å². The van der Waals surface area contributed by atoms with E-state index in [1.807, 2.05) is 0 Å². The molecule has 0 aliphatic rings. The molecular weight excluding hydrogens is 340 g/mol. The van der Waals surface area contributed by atoms with E-state index >= 15 is 0 Å². The minimum atomic E-state index is -0.389. The van der Waals surface area contributed by atoms with Crippen LogP contribution >= 0.6 is 0 Å². The van der Waals surface area contributed by atoms with Crippen molar-refractivity contribution in [3.05, 3.63) is 24.3 Å². The van der Waals surface area contributed by atoms with Crippen LogP contribution in [-0.4, -0.2) is 24.6 Å². The highest BCUT2D eigenvalue weighted by Crippen LogP contribution is 2.38. The SMILES string of the molecule is C=C(C)C(=O)OCC(CC)(CCCC)C(CCCCCC)OC(=O)C(=C)C. The van der Waals surface area contributed by atoms with Gasteiger partial charge in [0.05, 0.1) is 0 Å². The Morgan fingerprint density at radius 3 is 1.96 bits per heavy atom. The standard InChI is InChI=1S/C23H40O4/c1-8-11-13-14-15-20(27-22(25)19(6)7)23(10-3,16-12-9-2)17-26-21(24)18(4)5/h20H,4,6,8-17H2,1-3,5,7H3. The number of esters is 2. The quantitative estimate of drug-likeness (QED) is 0.194. The Bertz CT molecular complexity index is 495. The van der Waals surface area contributed by atoms with Crippen molar-refractivity contribution >= 4 is 11.9 Å². The van der Waals surface area contributed by atoms with Crippen LogP contribution in [0.4, 0.5) is 0 Å². The molecule has 0 saturated carbocycles. The minimum absolute atomic E-state index is 0.247. The van der Waals surface area contributed by atoms with Gasteiger partial charge in [-0.25, -0.2) is 9.59 Å². The number of hydrogen-bond acceptors (Lipinski definition) is 4. The van der Waals surface area contributed by atoms with Gasteiger partial charge in [-0.15, -0.1) is 0 Å². The van der Waals surface area contributed by atoms with E-state index < -0.39 is 0 Å². The molecular formula is C23H40O4. The van der Waals surface area contributed by atoms with Crippen LogP contribution in [0.25, 0.3) is 0 Å². The van der Waals surface area contributed by atoms with Crippen LogP contribution in [0.15, 0.2) is 24.3 Å². The Hall–Kier alpha value is -1.58. The third-order valence-electron chi connectivity index (χ3n) is 5.17. The molecule has 0 aromatic rings. The summed E-state index contributed by atoms with van der Waals surface area (Å²) < 4.78 is 11.4. The largest absolute Gasteiger partial charge is 0.462 e. The fourth-order valence-corrected chi connectivity index (χ4v) is 3.17. The number of hydrogen-bond donors (Lipinski definition) is 0. The molecule has 4 heteroatoms. The summed E-state index contributed by atoms with van der Waals surface area (Å²) in [6.07, 6.45) is 8.57. The second-order valence-corrected chi connectivity index (χ2v) is 7.70. The molecule has 0 aromatic heterocycles. The Labute approximate surface area is 166 Å². The molecule has 0 heterocycles. The molecule has 0 bridgehead atoms. The number of rotatable bonds is 15. The van der Waals surface area contributed by atoms with Crippen molar-refractivity contribution in [1.82, 2.24) is 0 Å². The van der Waals surface area contributed by atoms with Crippen LogP contribution in [0.3, 0.4) is 0 Å². The molecule has 0 rings (SSSR count).